The summed E-state index contributed by atoms with van der Waals surface area (Å²) in [6, 6.07) is 0. The molecular formula is C10H17N3O. The van der Waals surface area contributed by atoms with Crippen LogP contribution < -0.4 is 5.73 Å². The van der Waals surface area contributed by atoms with Crippen LogP contribution in [0.1, 0.15) is 24.1 Å². The van der Waals surface area contributed by atoms with E-state index in [0.717, 1.165) is 18.5 Å². The molecule has 1 aliphatic carbocycles. The second-order valence-electron chi connectivity index (χ2n) is 4.31. The summed E-state index contributed by atoms with van der Waals surface area (Å²) in [7, 11) is 1.93. The van der Waals surface area contributed by atoms with Gasteiger partial charge in [0.05, 0.1) is 12.3 Å². The van der Waals surface area contributed by atoms with Crippen LogP contribution in [0, 0.1) is 6.92 Å². The molecule has 2 rings (SSSR count). The first kappa shape index (κ1) is 9.68. The summed E-state index contributed by atoms with van der Waals surface area (Å²) in [5.41, 5.74) is 8.13. The number of hydrogen-bond acceptors (Lipinski definition) is 3. The second-order valence-corrected chi connectivity index (χ2v) is 4.31. The van der Waals surface area contributed by atoms with Crippen LogP contribution in [0.15, 0.2) is 6.20 Å². The summed E-state index contributed by atoms with van der Waals surface area (Å²) >= 11 is 0. The van der Waals surface area contributed by atoms with Crippen molar-refractivity contribution in [1.29, 1.82) is 0 Å². The molecule has 0 amide bonds. The molecule has 1 aliphatic rings. The van der Waals surface area contributed by atoms with Crippen LogP contribution in [-0.4, -0.2) is 27.5 Å². The molecule has 0 atom stereocenters. The number of aliphatic hydroxyl groups is 1. The molecule has 0 aliphatic heterocycles. The third-order valence-corrected chi connectivity index (χ3v) is 3.45. The van der Waals surface area contributed by atoms with Gasteiger partial charge in [0.15, 0.2) is 0 Å². The minimum Gasteiger partial charge on any atom is -0.393 e. The van der Waals surface area contributed by atoms with E-state index >= 15 is 0 Å². The Morgan fingerprint density at radius 1 is 1.71 bits per heavy atom. The lowest BCUT2D eigenvalue weighted by Crippen LogP contribution is -2.50. The molecule has 1 heterocycles. The standard InChI is InChI=1S/C10H17N3O/c1-7-9(5-12-13(7)2)10(6-11)3-8(14)4-10/h5,8,14H,3-4,6,11H2,1-2H3. The predicted molar refractivity (Wildman–Crippen MR) is 53.9 cm³/mol. The summed E-state index contributed by atoms with van der Waals surface area (Å²) in [6.07, 6.45) is 3.25. The minimum absolute atomic E-state index is 0.0161. The molecule has 0 unspecified atom stereocenters. The molecule has 3 N–H and O–H groups in total. The zero-order valence-electron chi connectivity index (χ0n) is 8.70. The lowest BCUT2D eigenvalue weighted by molar-refractivity contribution is 0.0218. The largest absolute Gasteiger partial charge is 0.393 e. The monoisotopic (exact) mass is 195 g/mol. The molecule has 1 fully saturated rings. The second kappa shape index (κ2) is 3.07. The summed E-state index contributed by atoms with van der Waals surface area (Å²) in [6.45, 7) is 2.64. The molecule has 4 heteroatoms. The lowest BCUT2D eigenvalue weighted by Gasteiger charge is -2.44. The van der Waals surface area contributed by atoms with Crippen LogP contribution in [0.2, 0.25) is 0 Å². The number of aryl methyl sites for hydroxylation is 1. The highest BCUT2D eigenvalue weighted by Gasteiger charge is 2.45. The lowest BCUT2D eigenvalue weighted by atomic mass is 9.63. The minimum atomic E-state index is -0.182. The van der Waals surface area contributed by atoms with Crippen molar-refractivity contribution in [3.8, 4) is 0 Å². The van der Waals surface area contributed by atoms with Crippen molar-refractivity contribution >= 4 is 0 Å². The van der Waals surface area contributed by atoms with E-state index in [-0.39, 0.29) is 11.5 Å². The van der Waals surface area contributed by atoms with Crippen molar-refractivity contribution in [3.63, 3.8) is 0 Å². The SMILES string of the molecule is Cc1c(C2(CN)CC(O)C2)cnn1C. The Balaban J connectivity index is 2.33. The summed E-state index contributed by atoms with van der Waals surface area (Å²) < 4.78 is 1.86. The third kappa shape index (κ3) is 1.18. The van der Waals surface area contributed by atoms with Crippen LogP contribution in [-0.2, 0) is 12.5 Å². The van der Waals surface area contributed by atoms with Gasteiger partial charge < -0.3 is 10.8 Å². The zero-order valence-corrected chi connectivity index (χ0v) is 8.70. The van der Waals surface area contributed by atoms with Crippen molar-refractivity contribution < 1.29 is 5.11 Å². The Kier molecular flexibility index (Phi) is 2.12. The smallest absolute Gasteiger partial charge is 0.0558 e. The highest BCUT2D eigenvalue weighted by Crippen LogP contribution is 2.43. The molecule has 0 saturated heterocycles. The summed E-state index contributed by atoms with van der Waals surface area (Å²) in [4.78, 5) is 0. The van der Waals surface area contributed by atoms with Gasteiger partial charge >= 0.3 is 0 Å². The molecule has 1 aromatic rings. The zero-order chi connectivity index (χ0) is 10.3. The Hall–Kier alpha value is -0.870. The van der Waals surface area contributed by atoms with Gasteiger partial charge in [-0.3, -0.25) is 4.68 Å². The van der Waals surface area contributed by atoms with E-state index in [1.165, 1.54) is 5.56 Å². The number of aromatic nitrogens is 2. The molecule has 0 aromatic carbocycles. The number of hydrogen-bond donors (Lipinski definition) is 2. The van der Waals surface area contributed by atoms with E-state index < -0.39 is 0 Å². The van der Waals surface area contributed by atoms with Gasteiger partial charge in [-0.2, -0.15) is 5.10 Å². The number of aliphatic hydroxyl groups excluding tert-OH is 1. The average Bonchev–Trinajstić information content (AvgIpc) is 2.43. The van der Waals surface area contributed by atoms with Gasteiger partial charge in [0, 0.05) is 30.3 Å². The molecule has 0 spiro atoms. The summed E-state index contributed by atoms with van der Waals surface area (Å²) in [5, 5.41) is 13.6. The first-order valence-electron chi connectivity index (χ1n) is 4.96. The maximum atomic E-state index is 9.39. The van der Waals surface area contributed by atoms with Crippen LogP contribution in [0.4, 0.5) is 0 Å². The number of nitrogens with zero attached hydrogens (tertiary/aromatic N) is 2. The van der Waals surface area contributed by atoms with Crippen molar-refractivity contribution in [2.75, 3.05) is 6.54 Å². The van der Waals surface area contributed by atoms with Gasteiger partial charge in [0.1, 0.15) is 0 Å². The quantitative estimate of drug-likeness (QED) is 0.702. The van der Waals surface area contributed by atoms with Gasteiger partial charge in [-0.25, -0.2) is 0 Å². The van der Waals surface area contributed by atoms with Gasteiger partial charge in [-0.05, 0) is 19.8 Å². The molecule has 1 saturated carbocycles. The maximum absolute atomic E-state index is 9.39. The van der Waals surface area contributed by atoms with Gasteiger partial charge in [0.25, 0.3) is 0 Å². The van der Waals surface area contributed by atoms with Crippen molar-refractivity contribution in [2.24, 2.45) is 12.8 Å². The predicted octanol–water partition coefficient (Wildman–Crippen LogP) is 0.0797. The van der Waals surface area contributed by atoms with Crippen molar-refractivity contribution in [3.05, 3.63) is 17.5 Å². The molecule has 14 heavy (non-hydrogen) atoms. The van der Waals surface area contributed by atoms with Crippen LogP contribution in [0.25, 0.3) is 0 Å². The van der Waals surface area contributed by atoms with E-state index in [1.807, 2.05) is 24.9 Å². The van der Waals surface area contributed by atoms with E-state index in [1.54, 1.807) is 0 Å². The fourth-order valence-corrected chi connectivity index (χ4v) is 2.36. The molecule has 78 valence electrons. The first-order valence-corrected chi connectivity index (χ1v) is 4.96. The highest BCUT2D eigenvalue weighted by molar-refractivity contribution is 5.31. The van der Waals surface area contributed by atoms with Gasteiger partial charge in [0.2, 0.25) is 0 Å². The average molecular weight is 195 g/mol. The van der Waals surface area contributed by atoms with Gasteiger partial charge in [-0.1, -0.05) is 0 Å². The maximum Gasteiger partial charge on any atom is 0.0558 e. The normalized spacial score (nSPS) is 31.6. The summed E-state index contributed by atoms with van der Waals surface area (Å²) in [5.74, 6) is 0. The number of rotatable bonds is 2. The topological polar surface area (TPSA) is 64.1 Å². The van der Waals surface area contributed by atoms with E-state index in [9.17, 15) is 5.11 Å². The van der Waals surface area contributed by atoms with Crippen LogP contribution >= 0.6 is 0 Å². The fourth-order valence-electron chi connectivity index (χ4n) is 2.36. The fraction of sp³-hybridized carbons (Fsp3) is 0.700. The highest BCUT2D eigenvalue weighted by atomic mass is 16.3. The van der Waals surface area contributed by atoms with Crippen molar-refractivity contribution in [1.82, 2.24) is 9.78 Å². The molecule has 0 bridgehead atoms. The van der Waals surface area contributed by atoms with Crippen molar-refractivity contribution in [2.45, 2.75) is 31.3 Å². The Morgan fingerprint density at radius 2 is 2.36 bits per heavy atom. The molecule has 1 aromatic heterocycles. The Labute approximate surface area is 83.7 Å². The molecule has 4 nitrogen and oxygen atoms in total. The van der Waals surface area contributed by atoms with E-state index in [0.29, 0.717) is 6.54 Å². The van der Waals surface area contributed by atoms with Crippen LogP contribution in [0.3, 0.4) is 0 Å². The third-order valence-electron chi connectivity index (χ3n) is 3.45. The number of nitrogens with two attached hydrogens (primary N) is 1. The Bertz CT molecular complexity index is 339. The van der Waals surface area contributed by atoms with Gasteiger partial charge in [-0.15, -0.1) is 0 Å². The molecular weight excluding hydrogens is 178 g/mol. The van der Waals surface area contributed by atoms with E-state index in [4.69, 9.17) is 5.73 Å². The van der Waals surface area contributed by atoms with Crippen LogP contribution in [0.5, 0.6) is 0 Å². The van der Waals surface area contributed by atoms with E-state index in [2.05, 4.69) is 5.10 Å². The first-order chi connectivity index (χ1) is 6.59. The molecule has 0 radical (unpaired) electrons. The Morgan fingerprint density at radius 3 is 2.71 bits per heavy atom.